The molecule has 2 fully saturated rings. The number of nitrogens with zero attached hydrogens (tertiary/aromatic N) is 1. The minimum atomic E-state index is 0.664. The summed E-state index contributed by atoms with van der Waals surface area (Å²) in [6.07, 6.45) is 6.05. The van der Waals surface area contributed by atoms with Gasteiger partial charge in [0.2, 0.25) is 5.89 Å². The molecular formula is C11H16N2O. The molecule has 3 rings (SSSR count). The van der Waals surface area contributed by atoms with Crippen molar-refractivity contribution < 1.29 is 4.42 Å². The largest absolute Gasteiger partial charge is 0.444 e. The highest BCUT2D eigenvalue weighted by atomic mass is 16.4. The monoisotopic (exact) mass is 192 g/mol. The van der Waals surface area contributed by atoms with E-state index in [2.05, 4.69) is 10.3 Å². The highest BCUT2D eigenvalue weighted by Gasteiger charge is 2.47. The second-order valence-corrected chi connectivity index (χ2v) is 4.61. The van der Waals surface area contributed by atoms with Gasteiger partial charge in [0.25, 0.3) is 0 Å². The highest BCUT2D eigenvalue weighted by Crippen LogP contribution is 2.57. The number of fused-ring (bicyclic) bond motifs is 1. The maximum atomic E-state index is 5.70. The van der Waals surface area contributed by atoms with Crippen LogP contribution in [0.5, 0.6) is 0 Å². The van der Waals surface area contributed by atoms with Crippen molar-refractivity contribution in [3.8, 4) is 0 Å². The van der Waals surface area contributed by atoms with E-state index in [9.17, 15) is 0 Å². The normalized spacial score (nSPS) is 34.5. The van der Waals surface area contributed by atoms with Crippen LogP contribution in [0.1, 0.15) is 36.8 Å². The average molecular weight is 192 g/mol. The minimum Gasteiger partial charge on any atom is -0.444 e. The number of hydrogen-bond acceptors (Lipinski definition) is 3. The van der Waals surface area contributed by atoms with Crippen molar-refractivity contribution in [2.75, 3.05) is 7.05 Å². The SMILES string of the molecule is CNCc1ncc(C2CC3CC3C2)o1. The molecule has 3 heteroatoms. The first-order valence-electron chi connectivity index (χ1n) is 5.46. The van der Waals surface area contributed by atoms with Crippen LogP contribution in [0.15, 0.2) is 10.6 Å². The highest BCUT2D eigenvalue weighted by molar-refractivity contribution is 5.10. The lowest BCUT2D eigenvalue weighted by molar-refractivity contribution is 0.405. The summed E-state index contributed by atoms with van der Waals surface area (Å²) in [4.78, 5) is 4.26. The predicted octanol–water partition coefficient (Wildman–Crippen LogP) is 1.91. The molecule has 14 heavy (non-hydrogen) atoms. The van der Waals surface area contributed by atoms with Crippen molar-refractivity contribution in [2.45, 2.75) is 31.7 Å². The molecule has 76 valence electrons. The van der Waals surface area contributed by atoms with Crippen molar-refractivity contribution in [3.05, 3.63) is 17.8 Å². The van der Waals surface area contributed by atoms with Gasteiger partial charge in [0.1, 0.15) is 5.76 Å². The molecule has 0 aliphatic heterocycles. The summed E-state index contributed by atoms with van der Waals surface area (Å²) in [5.74, 6) is 4.62. The molecule has 0 radical (unpaired) electrons. The molecule has 3 nitrogen and oxygen atoms in total. The Morgan fingerprint density at radius 2 is 2.21 bits per heavy atom. The predicted molar refractivity (Wildman–Crippen MR) is 52.8 cm³/mol. The summed E-state index contributed by atoms with van der Waals surface area (Å²) < 4.78 is 5.70. The molecule has 1 aromatic heterocycles. The zero-order chi connectivity index (χ0) is 9.54. The lowest BCUT2D eigenvalue weighted by Crippen LogP contribution is -2.04. The standard InChI is InChI=1S/C11H16N2O/c1-12-6-11-13-5-10(14-11)9-3-7-2-8(7)4-9/h5,7-9,12H,2-4,6H2,1H3. The van der Waals surface area contributed by atoms with Crippen LogP contribution < -0.4 is 5.32 Å². The third-order valence-corrected chi connectivity index (χ3v) is 3.55. The summed E-state index contributed by atoms with van der Waals surface area (Å²) in [5.41, 5.74) is 0. The fraction of sp³-hybridized carbons (Fsp3) is 0.727. The van der Waals surface area contributed by atoms with Crippen LogP contribution in [0, 0.1) is 11.8 Å². The van der Waals surface area contributed by atoms with E-state index >= 15 is 0 Å². The van der Waals surface area contributed by atoms with Gasteiger partial charge < -0.3 is 9.73 Å². The zero-order valence-electron chi connectivity index (χ0n) is 8.49. The Hall–Kier alpha value is -0.830. The molecule has 0 amide bonds. The van der Waals surface area contributed by atoms with Gasteiger partial charge in [-0.3, -0.25) is 0 Å². The number of aromatic nitrogens is 1. The van der Waals surface area contributed by atoms with Crippen LogP contribution in [0.2, 0.25) is 0 Å². The topological polar surface area (TPSA) is 38.1 Å². The Kier molecular flexibility index (Phi) is 1.87. The summed E-state index contributed by atoms with van der Waals surface area (Å²) in [6, 6.07) is 0. The first kappa shape index (κ1) is 8.48. The third kappa shape index (κ3) is 1.36. The first-order valence-corrected chi connectivity index (χ1v) is 5.46. The molecule has 2 aliphatic rings. The molecule has 2 unspecified atom stereocenters. The lowest BCUT2D eigenvalue weighted by atomic mass is 10.0. The molecule has 0 spiro atoms. The second kappa shape index (κ2) is 3.09. The Morgan fingerprint density at radius 3 is 2.93 bits per heavy atom. The lowest BCUT2D eigenvalue weighted by Gasteiger charge is -2.06. The smallest absolute Gasteiger partial charge is 0.208 e. The molecular weight excluding hydrogens is 176 g/mol. The van der Waals surface area contributed by atoms with Crippen LogP contribution in [-0.4, -0.2) is 12.0 Å². The van der Waals surface area contributed by atoms with E-state index in [1.807, 2.05) is 13.2 Å². The van der Waals surface area contributed by atoms with E-state index in [1.165, 1.54) is 19.3 Å². The Bertz CT molecular complexity index is 324. The molecule has 2 atom stereocenters. The summed E-state index contributed by atoms with van der Waals surface area (Å²) >= 11 is 0. The van der Waals surface area contributed by atoms with Gasteiger partial charge in [-0.1, -0.05) is 0 Å². The molecule has 1 heterocycles. The Morgan fingerprint density at radius 1 is 1.43 bits per heavy atom. The Labute approximate surface area is 83.9 Å². The van der Waals surface area contributed by atoms with Gasteiger partial charge >= 0.3 is 0 Å². The van der Waals surface area contributed by atoms with E-state index < -0.39 is 0 Å². The van der Waals surface area contributed by atoms with Crippen molar-refractivity contribution in [3.63, 3.8) is 0 Å². The van der Waals surface area contributed by atoms with Gasteiger partial charge in [0.05, 0.1) is 12.7 Å². The van der Waals surface area contributed by atoms with Crippen molar-refractivity contribution >= 4 is 0 Å². The quantitative estimate of drug-likeness (QED) is 0.795. The maximum absolute atomic E-state index is 5.70. The molecule has 1 N–H and O–H groups in total. The minimum absolute atomic E-state index is 0.664. The van der Waals surface area contributed by atoms with E-state index in [-0.39, 0.29) is 0 Å². The van der Waals surface area contributed by atoms with Crippen LogP contribution in [0.3, 0.4) is 0 Å². The van der Waals surface area contributed by atoms with E-state index in [1.54, 1.807) is 0 Å². The molecule has 2 aliphatic carbocycles. The van der Waals surface area contributed by atoms with Gasteiger partial charge in [-0.2, -0.15) is 0 Å². The number of hydrogen-bond donors (Lipinski definition) is 1. The van der Waals surface area contributed by atoms with Gasteiger partial charge in [0, 0.05) is 5.92 Å². The average Bonchev–Trinajstić information content (AvgIpc) is 2.68. The summed E-state index contributed by atoms with van der Waals surface area (Å²) in [5, 5.41) is 3.05. The fourth-order valence-electron chi connectivity index (χ4n) is 2.69. The maximum Gasteiger partial charge on any atom is 0.208 e. The fourth-order valence-corrected chi connectivity index (χ4v) is 2.69. The van der Waals surface area contributed by atoms with Crippen LogP contribution in [-0.2, 0) is 6.54 Å². The van der Waals surface area contributed by atoms with Crippen LogP contribution in [0.4, 0.5) is 0 Å². The molecule has 1 aromatic rings. The summed E-state index contributed by atoms with van der Waals surface area (Å²) in [7, 11) is 1.91. The van der Waals surface area contributed by atoms with Gasteiger partial charge in [-0.05, 0) is 38.1 Å². The molecule has 0 bridgehead atoms. The van der Waals surface area contributed by atoms with E-state index in [4.69, 9.17) is 4.42 Å². The molecule has 2 saturated carbocycles. The second-order valence-electron chi connectivity index (χ2n) is 4.61. The molecule has 0 saturated heterocycles. The van der Waals surface area contributed by atoms with Crippen molar-refractivity contribution in [2.24, 2.45) is 11.8 Å². The van der Waals surface area contributed by atoms with E-state index in [0.717, 1.165) is 30.0 Å². The summed E-state index contributed by atoms with van der Waals surface area (Å²) in [6.45, 7) is 0.736. The zero-order valence-corrected chi connectivity index (χ0v) is 8.49. The van der Waals surface area contributed by atoms with Gasteiger partial charge in [0.15, 0.2) is 0 Å². The van der Waals surface area contributed by atoms with Gasteiger partial charge in [-0.25, -0.2) is 4.98 Å². The number of nitrogens with one attached hydrogen (secondary N) is 1. The van der Waals surface area contributed by atoms with Crippen molar-refractivity contribution in [1.29, 1.82) is 0 Å². The molecule has 0 aromatic carbocycles. The Balaban J connectivity index is 1.70. The third-order valence-electron chi connectivity index (χ3n) is 3.55. The number of rotatable bonds is 3. The van der Waals surface area contributed by atoms with Gasteiger partial charge in [-0.15, -0.1) is 0 Å². The van der Waals surface area contributed by atoms with E-state index in [0.29, 0.717) is 5.92 Å². The van der Waals surface area contributed by atoms with Crippen LogP contribution >= 0.6 is 0 Å². The van der Waals surface area contributed by atoms with Crippen LogP contribution in [0.25, 0.3) is 0 Å². The first-order chi connectivity index (χ1) is 6.86. The number of oxazole rings is 1. The van der Waals surface area contributed by atoms with Crippen molar-refractivity contribution in [1.82, 2.24) is 10.3 Å².